The van der Waals surface area contributed by atoms with E-state index >= 15 is 0 Å². The van der Waals surface area contributed by atoms with Crippen LogP contribution < -0.4 is 0 Å². The van der Waals surface area contributed by atoms with E-state index < -0.39 is 25.9 Å². The van der Waals surface area contributed by atoms with Crippen molar-refractivity contribution < 1.29 is 18.7 Å². The molecule has 0 spiro atoms. The van der Waals surface area contributed by atoms with Gasteiger partial charge in [0.1, 0.15) is 0 Å². The normalized spacial score (nSPS) is 29.2. The Bertz CT molecular complexity index is 741. The van der Waals surface area contributed by atoms with E-state index in [1.54, 1.807) is 12.2 Å². The number of halogens is 1. The average Bonchev–Trinajstić information content (AvgIpc) is 2.94. The second-order valence-electron chi connectivity index (χ2n) is 6.87. The molecule has 1 heterocycles. The SMILES string of the molecule is CO[C@H]1C=C(O[Si](C)(C)C)C[C@@H]2C=C(Cl)c3nonc3[C@]12[N+](=O)[O-]. The number of nitrogens with zero attached hydrogens (tertiary/aromatic N) is 3. The van der Waals surface area contributed by atoms with E-state index in [0.29, 0.717) is 12.2 Å². The molecular formula is C14H18ClN3O5Si. The van der Waals surface area contributed by atoms with Crippen molar-refractivity contribution in [3.63, 3.8) is 0 Å². The van der Waals surface area contributed by atoms with Gasteiger partial charge in [-0.25, -0.2) is 4.63 Å². The molecule has 1 aromatic rings. The summed E-state index contributed by atoms with van der Waals surface area (Å²) in [6.07, 6.45) is 2.77. The highest BCUT2D eigenvalue weighted by molar-refractivity contribution is 6.70. The summed E-state index contributed by atoms with van der Waals surface area (Å²) in [5.41, 5.74) is -1.34. The van der Waals surface area contributed by atoms with Crippen LogP contribution in [0.3, 0.4) is 0 Å². The Balaban J connectivity index is 2.17. The summed E-state index contributed by atoms with van der Waals surface area (Å²) in [6, 6.07) is 0. The largest absolute Gasteiger partial charge is 0.547 e. The average molecular weight is 372 g/mol. The molecule has 3 rings (SSSR count). The second kappa shape index (κ2) is 5.68. The van der Waals surface area contributed by atoms with Gasteiger partial charge in [0.15, 0.2) is 17.5 Å². The monoisotopic (exact) mass is 371 g/mol. The Morgan fingerprint density at radius 2 is 2.12 bits per heavy atom. The van der Waals surface area contributed by atoms with Crippen LogP contribution in [0.4, 0.5) is 0 Å². The molecule has 0 N–H and O–H groups in total. The molecule has 0 saturated heterocycles. The van der Waals surface area contributed by atoms with Gasteiger partial charge in [0.25, 0.3) is 0 Å². The number of hydrogen-bond acceptors (Lipinski definition) is 7. The molecular weight excluding hydrogens is 354 g/mol. The van der Waals surface area contributed by atoms with Gasteiger partial charge in [0.2, 0.25) is 8.32 Å². The van der Waals surface area contributed by atoms with Crippen LogP contribution in [-0.2, 0) is 14.7 Å². The first-order valence-electron chi connectivity index (χ1n) is 7.48. The third-order valence-electron chi connectivity index (χ3n) is 4.19. The van der Waals surface area contributed by atoms with E-state index in [-0.39, 0.29) is 21.3 Å². The Kier molecular flexibility index (Phi) is 4.05. The first-order valence-corrected chi connectivity index (χ1v) is 11.3. The molecule has 2 aliphatic carbocycles. The molecule has 130 valence electrons. The van der Waals surface area contributed by atoms with Gasteiger partial charge in [0.05, 0.1) is 16.7 Å². The van der Waals surface area contributed by atoms with E-state index in [2.05, 4.69) is 10.3 Å². The van der Waals surface area contributed by atoms with Crippen molar-refractivity contribution in [2.45, 2.75) is 37.7 Å². The zero-order valence-corrected chi connectivity index (χ0v) is 15.5. The van der Waals surface area contributed by atoms with Gasteiger partial charge >= 0.3 is 5.54 Å². The lowest BCUT2D eigenvalue weighted by Gasteiger charge is -2.40. The smallest absolute Gasteiger partial charge is 0.305 e. The van der Waals surface area contributed by atoms with Crippen LogP contribution in [0.15, 0.2) is 22.5 Å². The molecule has 8 nitrogen and oxygen atoms in total. The molecule has 0 radical (unpaired) electrons. The van der Waals surface area contributed by atoms with E-state index in [1.807, 2.05) is 19.6 Å². The minimum Gasteiger partial charge on any atom is -0.547 e. The summed E-state index contributed by atoms with van der Waals surface area (Å²) < 4.78 is 16.3. The lowest BCUT2D eigenvalue weighted by atomic mass is 9.68. The molecule has 0 unspecified atom stereocenters. The Labute approximate surface area is 144 Å². The van der Waals surface area contributed by atoms with Gasteiger partial charge in [0, 0.05) is 18.5 Å². The minimum absolute atomic E-state index is 0.0974. The maximum Gasteiger partial charge on any atom is 0.305 e. The second-order valence-corrected chi connectivity index (χ2v) is 11.7. The summed E-state index contributed by atoms with van der Waals surface area (Å²) in [4.78, 5) is 11.7. The van der Waals surface area contributed by atoms with Crippen LogP contribution in [0.5, 0.6) is 0 Å². The maximum absolute atomic E-state index is 12.1. The molecule has 0 bridgehead atoms. The zero-order chi connectivity index (χ0) is 17.7. The first kappa shape index (κ1) is 17.1. The van der Waals surface area contributed by atoms with Crippen LogP contribution in [0.25, 0.3) is 5.03 Å². The van der Waals surface area contributed by atoms with Crippen molar-refractivity contribution in [1.29, 1.82) is 0 Å². The van der Waals surface area contributed by atoms with Crippen LogP contribution in [0.2, 0.25) is 19.6 Å². The van der Waals surface area contributed by atoms with Crippen molar-refractivity contribution in [1.82, 2.24) is 10.3 Å². The molecule has 10 heteroatoms. The summed E-state index contributed by atoms with van der Waals surface area (Å²) in [5, 5.41) is 19.9. The topological polar surface area (TPSA) is 101 Å². The third kappa shape index (κ3) is 2.47. The summed E-state index contributed by atoms with van der Waals surface area (Å²) >= 11 is 6.23. The van der Waals surface area contributed by atoms with E-state index in [9.17, 15) is 10.1 Å². The van der Waals surface area contributed by atoms with Crippen molar-refractivity contribution in [3.05, 3.63) is 39.4 Å². The van der Waals surface area contributed by atoms with Gasteiger partial charge in [-0.05, 0) is 36.0 Å². The molecule has 0 fully saturated rings. The lowest BCUT2D eigenvalue weighted by molar-refractivity contribution is -0.602. The fourth-order valence-corrected chi connectivity index (χ4v) is 4.56. The fraction of sp³-hybridized carbons (Fsp3) is 0.571. The molecule has 24 heavy (non-hydrogen) atoms. The summed E-state index contributed by atoms with van der Waals surface area (Å²) in [5.74, 6) is 0.116. The van der Waals surface area contributed by atoms with Crippen molar-refractivity contribution in [3.8, 4) is 0 Å². The number of rotatable bonds is 4. The molecule has 0 saturated carbocycles. The van der Waals surface area contributed by atoms with E-state index in [1.165, 1.54) is 7.11 Å². The summed E-state index contributed by atoms with van der Waals surface area (Å²) in [7, 11) is -0.440. The number of methoxy groups -OCH3 is 1. The molecule has 3 atom stereocenters. The molecule has 0 aromatic carbocycles. The highest BCUT2D eigenvalue weighted by Crippen LogP contribution is 2.51. The Hall–Kier alpha value is -1.71. The number of fused-ring (bicyclic) bond motifs is 3. The lowest BCUT2D eigenvalue weighted by Crippen LogP contribution is -2.56. The molecule has 1 aromatic heterocycles. The molecule has 2 aliphatic rings. The van der Waals surface area contributed by atoms with Gasteiger partial charge in [-0.2, -0.15) is 0 Å². The third-order valence-corrected chi connectivity index (χ3v) is 5.37. The van der Waals surface area contributed by atoms with Gasteiger partial charge in [-0.1, -0.05) is 17.7 Å². The quantitative estimate of drug-likeness (QED) is 0.455. The van der Waals surface area contributed by atoms with Gasteiger partial charge in [-0.15, -0.1) is 0 Å². The van der Waals surface area contributed by atoms with E-state index in [0.717, 1.165) is 0 Å². The van der Waals surface area contributed by atoms with Crippen molar-refractivity contribution >= 4 is 25.0 Å². The molecule has 0 aliphatic heterocycles. The van der Waals surface area contributed by atoms with Gasteiger partial charge in [-0.3, -0.25) is 10.1 Å². The molecule has 0 amide bonds. The number of ether oxygens (including phenoxy) is 1. The highest BCUT2D eigenvalue weighted by atomic mass is 35.5. The standard InChI is InChI=1S/C14H18ClN3O5Si/c1-21-11-7-9(22-24(2,3)4)5-8-6-10(15)12-13(17-23-16-12)14(8,11)18(19)20/h6-8,11H,5H2,1-4H3/t8-,11+,14-/m1/s1. The number of nitro groups is 1. The predicted molar refractivity (Wildman–Crippen MR) is 88.2 cm³/mol. The van der Waals surface area contributed by atoms with Crippen LogP contribution in [0, 0.1) is 16.0 Å². The summed E-state index contributed by atoms with van der Waals surface area (Å²) in [6.45, 7) is 6.15. The fourth-order valence-electron chi connectivity index (χ4n) is 3.35. The van der Waals surface area contributed by atoms with Crippen LogP contribution in [-0.4, -0.2) is 36.8 Å². The number of aromatic nitrogens is 2. The maximum atomic E-state index is 12.1. The minimum atomic E-state index is -1.86. The number of hydrogen-bond donors (Lipinski definition) is 0. The van der Waals surface area contributed by atoms with Gasteiger partial charge < -0.3 is 9.16 Å². The predicted octanol–water partition coefficient (Wildman–Crippen LogP) is 2.91. The number of allylic oxidation sites excluding steroid dienone is 1. The highest BCUT2D eigenvalue weighted by Gasteiger charge is 2.65. The zero-order valence-electron chi connectivity index (χ0n) is 13.8. The van der Waals surface area contributed by atoms with E-state index in [4.69, 9.17) is 25.4 Å². The van der Waals surface area contributed by atoms with Crippen LogP contribution in [0.1, 0.15) is 17.8 Å². The van der Waals surface area contributed by atoms with Crippen molar-refractivity contribution in [2.24, 2.45) is 5.92 Å². The Morgan fingerprint density at radius 3 is 2.71 bits per heavy atom. The van der Waals surface area contributed by atoms with Crippen molar-refractivity contribution in [2.75, 3.05) is 7.11 Å². The van der Waals surface area contributed by atoms with Crippen LogP contribution >= 0.6 is 11.6 Å². The Morgan fingerprint density at radius 1 is 1.42 bits per heavy atom. The first-order chi connectivity index (χ1) is 11.2.